The summed E-state index contributed by atoms with van der Waals surface area (Å²) in [5.74, 6) is 0.332. The smallest absolute Gasteiger partial charge is 0.254 e. The van der Waals surface area contributed by atoms with Gasteiger partial charge in [-0.25, -0.2) is 4.98 Å². The van der Waals surface area contributed by atoms with Gasteiger partial charge in [-0.05, 0) is 78.7 Å². The minimum absolute atomic E-state index is 0.128. The van der Waals surface area contributed by atoms with Crippen molar-refractivity contribution < 1.29 is 29.4 Å². The van der Waals surface area contributed by atoms with Gasteiger partial charge in [-0.3, -0.25) is 14.4 Å². The number of rotatable bonds is 14. The van der Waals surface area contributed by atoms with Crippen LogP contribution in [0.15, 0.2) is 28.1 Å². The molecule has 2 aromatic heterocycles. The predicted octanol–water partition coefficient (Wildman–Crippen LogP) is 4.64. The molecule has 0 amide bonds. The highest BCUT2D eigenvalue weighted by Gasteiger charge is 2.43. The van der Waals surface area contributed by atoms with Crippen molar-refractivity contribution in [3.8, 4) is 17.1 Å². The fourth-order valence-corrected chi connectivity index (χ4v) is 6.67. The quantitative estimate of drug-likeness (QED) is 0.112. The molecular weight excluding hydrogens is 612 g/mol. The third-order valence-electron chi connectivity index (χ3n) is 9.11. The molecule has 258 valence electrons. The van der Waals surface area contributed by atoms with Crippen LogP contribution >= 0.6 is 0 Å². The van der Waals surface area contributed by atoms with Crippen molar-refractivity contribution in [1.82, 2.24) is 14.5 Å². The third-order valence-corrected chi connectivity index (χ3v) is 9.11. The van der Waals surface area contributed by atoms with Crippen LogP contribution in [0.1, 0.15) is 100 Å². The van der Waals surface area contributed by atoms with Gasteiger partial charge in [0.2, 0.25) is 0 Å². The first-order valence-corrected chi connectivity index (χ1v) is 16.9. The van der Waals surface area contributed by atoms with E-state index in [0.717, 1.165) is 53.5 Å². The minimum atomic E-state index is -1.70. The number of nitrogens with zero attached hydrogens (tertiary/aromatic N) is 4. The molecule has 0 saturated heterocycles. The summed E-state index contributed by atoms with van der Waals surface area (Å²) in [4.78, 5) is 51.2. The third kappa shape index (κ3) is 7.09. The molecule has 1 atom stereocenters. The number of unbranched alkanes of at least 4 members (excludes halogenated alkanes) is 3. The summed E-state index contributed by atoms with van der Waals surface area (Å²) in [5.41, 5.74) is 2.83. The lowest BCUT2D eigenvalue weighted by Gasteiger charge is -2.32. The Morgan fingerprint density at radius 3 is 2.56 bits per heavy atom. The first-order valence-electron chi connectivity index (χ1n) is 16.9. The number of aliphatic hydroxyl groups excluding tert-OH is 1. The van der Waals surface area contributed by atoms with Crippen LogP contribution in [0.2, 0.25) is 0 Å². The van der Waals surface area contributed by atoms with Crippen LogP contribution in [0.5, 0.6) is 5.75 Å². The van der Waals surface area contributed by atoms with Gasteiger partial charge >= 0.3 is 0 Å². The van der Waals surface area contributed by atoms with E-state index in [2.05, 4.69) is 10.1 Å². The van der Waals surface area contributed by atoms with Crippen molar-refractivity contribution in [3.05, 3.63) is 56.4 Å². The van der Waals surface area contributed by atoms with Gasteiger partial charge < -0.3 is 29.3 Å². The second-order valence-electron chi connectivity index (χ2n) is 14.1. The molecule has 1 aliphatic carbocycles. The maximum atomic E-state index is 14.0. The van der Waals surface area contributed by atoms with Crippen molar-refractivity contribution in [2.24, 2.45) is 5.16 Å². The first-order chi connectivity index (χ1) is 22.8. The Bertz CT molecular complexity index is 1800. The van der Waals surface area contributed by atoms with Gasteiger partial charge in [-0.15, -0.1) is 0 Å². The van der Waals surface area contributed by atoms with E-state index in [-0.39, 0.29) is 36.5 Å². The zero-order valence-corrected chi connectivity index (χ0v) is 29.0. The maximum absolute atomic E-state index is 14.0. The number of aliphatic hydroxyl groups is 2. The van der Waals surface area contributed by atoms with E-state index in [1.54, 1.807) is 23.8 Å². The monoisotopic (exact) mass is 660 g/mol. The first kappa shape index (κ1) is 35.4. The molecule has 0 unspecified atom stereocenters. The molecule has 1 aromatic carbocycles. The van der Waals surface area contributed by atoms with Crippen LogP contribution in [0.25, 0.3) is 22.3 Å². The number of ketones is 2. The maximum Gasteiger partial charge on any atom is 0.254 e. The van der Waals surface area contributed by atoms with Crippen LogP contribution in [0, 0.1) is 0 Å². The largest absolute Gasteiger partial charge is 0.493 e. The van der Waals surface area contributed by atoms with Crippen LogP contribution in [0.4, 0.5) is 0 Å². The average molecular weight is 661 g/mol. The fraction of sp³-hybridized carbons (Fsp3) is 0.541. The van der Waals surface area contributed by atoms with Crippen molar-refractivity contribution >= 4 is 28.7 Å². The summed E-state index contributed by atoms with van der Waals surface area (Å²) >= 11 is 0. The number of hydrogen-bond donors (Lipinski definition) is 2. The topological polar surface area (TPSA) is 144 Å². The molecule has 3 aromatic rings. The number of oxime groups is 1. The van der Waals surface area contributed by atoms with Crippen LogP contribution in [-0.4, -0.2) is 75.4 Å². The second-order valence-corrected chi connectivity index (χ2v) is 14.1. The molecule has 0 radical (unpaired) electrons. The Labute approximate surface area is 281 Å². The van der Waals surface area contributed by atoms with Crippen molar-refractivity contribution in [2.45, 2.75) is 103 Å². The van der Waals surface area contributed by atoms with Crippen molar-refractivity contribution in [2.75, 3.05) is 27.3 Å². The summed E-state index contributed by atoms with van der Waals surface area (Å²) in [6.07, 6.45) is 6.06. The average Bonchev–Trinajstić information content (AvgIpc) is 3.40. The lowest BCUT2D eigenvalue weighted by atomic mass is 9.77. The van der Waals surface area contributed by atoms with Gasteiger partial charge in [-0.2, -0.15) is 0 Å². The highest BCUT2D eigenvalue weighted by atomic mass is 16.6. The van der Waals surface area contributed by atoms with E-state index in [1.807, 2.05) is 47.0 Å². The molecule has 5 rings (SSSR count). The number of pyridine rings is 2. The summed E-state index contributed by atoms with van der Waals surface area (Å²) < 4.78 is 8.06. The summed E-state index contributed by atoms with van der Waals surface area (Å²) in [6.45, 7) is 8.44. The van der Waals surface area contributed by atoms with Crippen molar-refractivity contribution in [3.63, 3.8) is 0 Å². The zero-order chi connectivity index (χ0) is 34.8. The number of fused-ring (bicyclic) bond motifs is 5. The number of carbonyl (C=O) groups excluding carboxylic acids is 2. The van der Waals surface area contributed by atoms with Gasteiger partial charge in [-0.1, -0.05) is 24.9 Å². The Balaban J connectivity index is 1.60. The number of Topliss-reactive ketones (excluding diaryl/α,β-unsaturated/α-hetero) is 2. The Kier molecular flexibility index (Phi) is 10.5. The molecule has 2 N–H and O–H groups in total. The van der Waals surface area contributed by atoms with Crippen LogP contribution in [0.3, 0.4) is 0 Å². The van der Waals surface area contributed by atoms with Crippen molar-refractivity contribution in [1.29, 1.82) is 0 Å². The number of aromatic nitrogens is 2. The number of benzene rings is 1. The van der Waals surface area contributed by atoms with Gasteiger partial charge in [0.15, 0.2) is 11.6 Å². The molecule has 0 spiro atoms. The number of carbonyl (C=O) groups is 2. The molecule has 2 aliphatic rings. The molecule has 11 nitrogen and oxygen atoms in total. The standard InChI is InChI=1S/C37H48N4O7/c1-7-37(46)28-18-30-34-26(21-41(30)35(45)24(28)13-16-32(37)44)25(19-38-48-36(2,3)4)33-27(20-40(5)6)31(15-14-29(33)39-34)47-17-11-9-8-10-12-23(43)22-42/h14-15,18-19,42,46H,7-13,16-17,20-22H2,1-6H3/b38-19-/t37-/m0/s1. The summed E-state index contributed by atoms with van der Waals surface area (Å²) in [5, 5.41) is 25.6. The van der Waals surface area contributed by atoms with Gasteiger partial charge in [0.05, 0.1) is 36.3 Å². The van der Waals surface area contributed by atoms with E-state index in [9.17, 15) is 19.5 Å². The SMILES string of the molecule is CC[C@@]1(O)C(=O)CCc2c1cc1n(c2=O)Cc2c-1nc1ccc(OCCCCCCC(=O)CO)c(CN(C)C)c1c2/C=N\OC(C)(C)C. The Morgan fingerprint density at radius 1 is 1.12 bits per heavy atom. The highest BCUT2D eigenvalue weighted by Crippen LogP contribution is 2.42. The summed E-state index contributed by atoms with van der Waals surface area (Å²) in [7, 11) is 3.98. The van der Waals surface area contributed by atoms with E-state index >= 15 is 0 Å². The number of ether oxygens (including phenoxy) is 1. The molecular formula is C37H48N4O7. The minimum Gasteiger partial charge on any atom is -0.493 e. The fourth-order valence-electron chi connectivity index (χ4n) is 6.67. The molecule has 1 aliphatic heterocycles. The van der Waals surface area contributed by atoms with Crippen LogP contribution < -0.4 is 10.3 Å². The normalized spacial score (nSPS) is 17.2. The van der Waals surface area contributed by atoms with Gasteiger partial charge in [0.1, 0.15) is 23.6 Å². The zero-order valence-electron chi connectivity index (χ0n) is 29.0. The second kappa shape index (κ2) is 14.3. The van der Waals surface area contributed by atoms with Gasteiger partial charge in [0, 0.05) is 52.6 Å². The molecule has 0 fully saturated rings. The van der Waals surface area contributed by atoms with Gasteiger partial charge in [0.25, 0.3) is 5.56 Å². The predicted molar refractivity (Wildman–Crippen MR) is 185 cm³/mol. The Morgan fingerprint density at radius 2 is 1.88 bits per heavy atom. The lowest BCUT2D eigenvalue weighted by Crippen LogP contribution is -2.43. The molecule has 48 heavy (non-hydrogen) atoms. The molecule has 3 heterocycles. The van der Waals surface area contributed by atoms with E-state index in [4.69, 9.17) is 19.7 Å². The van der Waals surface area contributed by atoms with E-state index in [1.165, 1.54) is 0 Å². The molecule has 0 saturated carbocycles. The van der Waals surface area contributed by atoms with Crippen LogP contribution in [-0.2, 0) is 39.5 Å². The summed E-state index contributed by atoms with van der Waals surface area (Å²) in [6, 6.07) is 5.63. The lowest BCUT2D eigenvalue weighted by molar-refractivity contribution is -0.140. The highest BCUT2D eigenvalue weighted by molar-refractivity contribution is 6.04. The molecule has 11 heteroatoms. The van der Waals surface area contributed by atoms with E-state index < -0.39 is 17.8 Å². The Hall–Kier alpha value is -3.93. The van der Waals surface area contributed by atoms with E-state index in [0.29, 0.717) is 54.0 Å². The molecule has 0 bridgehead atoms. The number of hydrogen-bond acceptors (Lipinski definition) is 10.